The molecule has 0 aliphatic rings. The van der Waals surface area contributed by atoms with Crippen LogP contribution in [0, 0.1) is 0 Å². The van der Waals surface area contributed by atoms with Crippen molar-refractivity contribution in [3.8, 4) is 0 Å². The largest absolute Gasteiger partial charge is 0.314 e. The van der Waals surface area contributed by atoms with Crippen LogP contribution in [0.1, 0.15) is 52.4 Å². The van der Waals surface area contributed by atoms with Crippen LogP contribution in [-0.2, 0) is 0 Å². The molecular weight excluding hydrogens is 158 g/mol. The van der Waals surface area contributed by atoms with Gasteiger partial charge < -0.3 is 5.32 Å². The summed E-state index contributed by atoms with van der Waals surface area (Å²) in [6.45, 7) is 9.34. The molecule has 0 aliphatic carbocycles. The van der Waals surface area contributed by atoms with Gasteiger partial charge in [-0.25, -0.2) is 0 Å². The third-order valence-corrected chi connectivity index (χ3v) is 2.32. The lowest BCUT2D eigenvalue weighted by atomic mass is 10.1. The molecule has 0 rings (SSSR count). The summed E-state index contributed by atoms with van der Waals surface area (Å²) in [7, 11) is 0. The van der Waals surface area contributed by atoms with Crippen molar-refractivity contribution in [3.05, 3.63) is 12.7 Å². The second-order valence-corrected chi connectivity index (χ2v) is 3.66. The molecule has 0 saturated carbocycles. The Bertz CT molecular complexity index is 110. The number of nitrogens with one attached hydrogen (secondary N) is 1. The molecule has 0 saturated heterocycles. The van der Waals surface area contributed by atoms with Gasteiger partial charge in [-0.3, -0.25) is 0 Å². The third kappa shape index (κ3) is 8.04. The number of unbranched alkanes of at least 4 members (excludes halogenated alkanes) is 1. The molecule has 1 N–H and O–H groups in total. The van der Waals surface area contributed by atoms with E-state index >= 15 is 0 Å². The maximum Gasteiger partial charge on any atom is 0.00670 e. The fourth-order valence-electron chi connectivity index (χ4n) is 1.54. The smallest absolute Gasteiger partial charge is 0.00670 e. The van der Waals surface area contributed by atoms with Gasteiger partial charge in [0.25, 0.3) is 0 Å². The van der Waals surface area contributed by atoms with Crippen molar-refractivity contribution in [2.24, 2.45) is 0 Å². The third-order valence-electron chi connectivity index (χ3n) is 2.32. The van der Waals surface area contributed by atoms with Gasteiger partial charge in [0.05, 0.1) is 0 Å². The van der Waals surface area contributed by atoms with Gasteiger partial charge >= 0.3 is 0 Å². The van der Waals surface area contributed by atoms with Crippen molar-refractivity contribution in [1.29, 1.82) is 0 Å². The first-order valence-electron chi connectivity index (χ1n) is 5.69. The van der Waals surface area contributed by atoms with Crippen molar-refractivity contribution in [3.63, 3.8) is 0 Å². The number of hydrogen-bond donors (Lipinski definition) is 1. The Balaban J connectivity index is 3.46. The van der Waals surface area contributed by atoms with Crippen molar-refractivity contribution < 1.29 is 0 Å². The monoisotopic (exact) mass is 183 g/mol. The summed E-state index contributed by atoms with van der Waals surface area (Å²) in [4.78, 5) is 0. The molecule has 0 aromatic heterocycles. The first-order valence-corrected chi connectivity index (χ1v) is 5.69. The van der Waals surface area contributed by atoms with Gasteiger partial charge in [0.1, 0.15) is 0 Å². The molecule has 0 aromatic rings. The second-order valence-electron chi connectivity index (χ2n) is 3.66. The van der Waals surface area contributed by atoms with E-state index < -0.39 is 0 Å². The Hall–Kier alpha value is -0.300. The average molecular weight is 183 g/mol. The van der Waals surface area contributed by atoms with Crippen molar-refractivity contribution in [1.82, 2.24) is 5.32 Å². The van der Waals surface area contributed by atoms with E-state index in [0.717, 1.165) is 19.0 Å². The molecule has 0 fully saturated rings. The number of rotatable bonds is 9. The lowest BCUT2D eigenvalue weighted by Gasteiger charge is -2.17. The summed E-state index contributed by atoms with van der Waals surface area (Å²) in [6, 6.07) is 0.741. The lowest BCUT2D eigenvalue weighted by molar-refractivity contribution is 0.439. The first kappa shape index (κ1) is 12.7. The minimum Gasteiger partial charge on any atom is -0.314 e. The molecule has 0 aromatic carbocycles. The maximum atomic E-state index is 3.73. The van der Waals surface area contributed by atoms with Gasteiger partial charge in [-0.05, 0) is 25.8 Å². The Labute approximate surface area is 83.6 Å². The van der Waals surface area contributed by atoms with Gasteiger partial charge in [0, 0.05) is 6.04 Å². The topological polar surface area (TPSA) is 12.0 Å². The Kier molecular flexibility index (Phi) is 9.56. The summed E-state index contributed by atoms with van der Waals surface area (Å²) < 4.78 is 0. The quantitative estimate of drug-likeness (QED) is 0.426. The molecule has 1 unspecified atom stereocenters. The fraction of sp³-hybridized carbons (Fsp3) is 0.833. The van der Waals surface area contributed by atoms with Crippen molar-refractivity contribution >= 4 is 0 Å². The molecule has 0 heterocycles. The summed E-state index contributed by atoms with van der Waals surface area (Å²) in [6.07, 6.45) is 9.67. The van der Waals surface area contributed by atoms with Crippen molar-refractivity contribution in [2.75, 3.05) is 6.54 Å². The predicted molar refractivity (Wildman–Crippen MR) is 61.0 cm³/mol. The lowest BCUT2D eigenvalue weighted by Crippen LogP contribution is -2.29. The van der Waals surface area contributed by atoms with E-state index in [9.17, 15) is 0 Å². The van der Waals surface area contributed by atoms with Crippen LogP contribution >= 0.6 is 0 Å². The van der Waals surface area contributed by atoms with Crippen LogP contribution in [0.3, 0.4) is 0 Å². The van der Waals surface area contributed by atoms with E-state index in [1.54, 1.807) is 0 Å². The average Bonchev–Trinajstić information content (AvgIpc) is 2.14. The summed E-state index contributed by atoms with van der Waals surface area (Å²) in [5.41, 5.74) is 0. The van der Waals surface area contributed by atoms with Crippen LogP contribution in [0.15, 0.2) is 12.7 Å². The number of hydrogen-bond acceptors (Lipinski definition) is 1. The summed E-state index contributed by atoms with van der Waals surface area (Å²) in [5, 5.41) is 3.59. The fourth-order valence-corrected chi connectivity index (χ4v) is 1.54. The predicted octanol–water partition coefficient (Wildman–Crippen LogP) is 3.51. The molecule has 78 valence electrons. The van der Waals surface area contributed by atoms with E-state index in [1.165, 1.54) is 32.1 Å². The van der Waals surface area contributed by atoms with E-state index in [4.69, 9.17) is 0 Å². The molecular formula is C12H25N. The van der Waals surface area contributed by atoms with Crippen LogP contribution in [0.4, 0.5) is 0 Å². The highest BCUT2D eigenvalue weighted by Gasteiger charge is 2.04. The minimum atomic E-state index is 0.741. The Morgan fingerprint density at radius 2 is 2.00 bits per heavy atom. The molecule has 0 bridgehead atoms. The van der Waals surface area contributed by atoms with Gasteiger partial charge in [-0.15, -0.1) is 6.58 Å². The van der Waals surface area contributed by atoms with Crippen LogP contribution in [0.2, 0.25) is 0 Å². The Morgan fingerprint density at radius 1 is 1.23 bits per heavy atom. The molecule has 0 radical (unpaired) electrons. The second kappa shape index (κ2) is 9.79. The molecule has 1 heteroatoms. The van der Waals surface area contributed by atoms with Gasteiger partial charge in [-0.1, -0.05) is 39.2 Å². The standard InChI is InChI=1S/C12H25N/c1-4-7-10-12(9-6-3)13-11-8-5-2/h5,12-13H,2,4,6-11H2,1,3H3. The minimum absolute atomic E-state index is 0.741. The highest BCUT2D eigenvalue weighted by Crippen LogP contribution is 2.06. The molecule has 1 atom stereocenters. The summed E-state index contributed by atoms with van der Waals surface area (Å²) in [5.74, 6) is 0. The molecule has 0 aliphatic heterocycles. The molecule has 0 spiro atoms. The van der Waals surface area contributed by atoms with E-state index in [1.807, 2.05) is 6.08 Å². The first-order chi connectivity index (χ1) is 6.35. The molecule has 1 nitrogen and oxygen atoms in total. The van der Waals surface area contributed by atoms with Gasteiger partial charge in [-0.2, -0.15) is 0 Å². The zero-order valence-electron chi connectivity index (χ0n) is 9.31. The van der Waals surface area contributed by atoms with Crippen LogP contribution in [0.5, 0.6) is 0 Å². The maximum absolute atomic E-state index is 3.73. The molecule has 0 amide bonds. The SMILES string of the molecule is C=CCCNC(CCC)CCCC. The Morgan fingerprint density at radius 3 is 2.54 bits per heavy atom. The van der Waals surface area contributed by atoms with E-state index in [2.05, 4.69) is 25.7 Å². The van der Waals surface area contributed by atoms with E-state index in [0.29, 0.717) is 0 Å². The van der Waals surface area contributed by atoms with Gasteiger partial charge in [0.15, 0.2) is 0 Å². The van der Waals surface area contributed by atoms with Crippen LogP contribution in [-0.4, -0.2) is 12.6 Å². The van der Waals surface area contributed by atoms with E-state index in [-0.39, 0.29) is 0 Å². The normalized spacial score (nSPS) is 12.8. The zero-order chi connectivity index (χ0) is 9.94. The van der Waals surface area contributed by atoms with Gasteiger partial charge in [0.2, 0.25) is 0 Å². The van der Waals surface area contributed by atoms with Crippen molar-refractivity contribution in [2.45, 2.75) is 58.4 Å². The zero-order valence-corrected chi connectivity index (χ0v) is 9.31. The highest BCUT2D eigenvalue weighted by molar-refractivity contribution is 4.71. The highest BCUT2D eigenvalue weighted by atomic mass is 14.9. The summed E-state index contributed by atoms with van der Waals surface area (Å²) >= 11 is 0. The van der Waals surface area contributed by atoms with Crippen LogP contribution in [0.25, 0.3) is 0 Å². The van der Waals surface area contributed by atoms with Crippen LogP contribution < -0.4 is 5.32 Å². The molecule has 13 heavy (non-hydrogen) atoms.